The van der Waals surface area contributed by atoms with E-state index < -0.39 is 10.0 Å². The molecule has 4 rings (SSSR count). The normalized spacial score (nSPS) is 26.1. The van der Waals surface area contributed by atoms with Crippen molar-refractivity contribution in [1.29, 1.82) is 0 Å². The molecule has 1 aromatic rings. The Morgan fingerprint density at radius 2 is 1.84 bits per heavy atom. The second-order valence-electron chi connectivity index (χ2n) is 9.04. The molecule has 0 spiro atoms. The lowest BCUT2D eigenvalue weighted by Crippen LogP contribution is -2.55. The molecule has 0 bridgehead atoms. The van der Waals surface area contributed by atoms with Crippen LogP contribution in [0.2, 0.25) is 5.02 Å². The van der Waals surface area contributed by atoms with Crippen molar-refractivity contribution in [2.45, 2.75) is 56.0 Å². The Morgan fingerprint density at radius 1 is 1.10 bits per heavy atom. The number of nitrogens with zero attached hydrogens (tertiary/aromatic N) is 3. The van der Waals surface area contributed by atoms with E-state index in [4.69, 9.17) is 16.3 Å². The second kappa shape index (κ2) is 9.65. The van der Waals surface area contributed by atoms with Crippen LogP contribution in [0.3, 0.4) is 0 Å². The summed E-state index contributed by atoms with van der Waals surface area (Å²) >= 11 is 5.91. The molecule has 3 fully saturated rings. The molecule has 0 aromatic heterocycles. The minimum atomic E-state index is -3.66. The van der Waals surface area contributed by atoms with E-state index in [1.165, 1.54) is 29.3 Å². The lowest BCUT2D eigenvalue weighted by atomic mass is 10.1. The molecule has 1 aliphatic carbocycles. The van der Waals surface area contributed by atoms with E-state index in [-0.39, 0.29) is 29.7 Å². The number of piperidine rings is 1. The maximum Gasteiger partial charge on any atom is 0.410 e. The maximum atomic E-state index is 13.2. The standard InChI is InChI=1S/C22H32ClN3O4S/c1-17-14-24(15-18-5-6-18)12-13-25(17)22(27)30-16-20-4-2-3-11-26(20)31(28,29)21-9-7-19(23)8-10-21/h7-10,17-18,20H,2-6,11-16H2,1H3/t17-,20-/m0/s1. The van der Waals surface area contributed by atoms with Crippen molar-refractivity contribution in [3.63, 3.8) is 0 Å². The van der Waals surface area contributed by atoms with E-state index >= 15 is 0 Å². The van der Waals surface area contributed by atoms with Crippen LogP contribution in [0, 0.1) is 5.92 Å². The fourth-order valence-electron chi connectivity index (χ4n) is 4.59. The first-order valence-corrected chi connectivity index (χ1v) is 13.1. The molecule has 1 aromatic carbocycles. The quantitative estimate of drug-likeness (QED) is 0.638. The highest BCUT2D eigenvalue weighted by molar-refractivity contribution is 7.89. The summed E-state index contributed by atoms with van der Waals surface area (Å²) < 4.78 is 33.5. The predicted molar refractivity (Wildman–Crippen MR) is 120 cm³/mol. The summed E-state index contributed by atoms with van der Waals surface area (Å²) in [6.07, 6.45) is 4.72. The third kappa shape index (κ3) is 5.53. The van der Waals surface area contributed by atoms with Crippen LogP contribution in [0.4, 0.5) is 4.79 Å². The van der Waals surface area contributed by atoms with Crippen molar-refractivity contribution in [2.75, 3.05) is 39.3 Å². The molecule has 2 aliphatic heterocycles. The molecule has 2 atom stereocenters. The van der Waals surface area contributed by atoms with Crippen LogP contribution in [0.1, 0.15) is 39.0 Å². The van der Waals surface area contributed by atoms with Gasteiger partial charge in [0.15, 0.2) is 0 Å². The largest absolute Gasteiger partial charge is 0.448 e. The van der Waals surface area contributed by atoms with E-state index in [1.54, 1.807) is 17.0 Å². The van der Waals surface area contributed by atoms with Crippen LogP contribution in [0.25, 0.3) is 0 Å². The first-order valence-electron chi connectivity index (χ1n) is 11.3. The molecule has 0 unspecified atom stereocenters. The summed E-state index contributed by atoms with van der Waals surface area (Å²) in [4.78, 5) is 17.2. The van der Waals surface area contributed by atoms with Gasteiger partial charge in [0.1, 0.15) is 6.61 Å². The highest BCUT2D eigenvalue weighted by Gasteiger charge is 2.36. The summed E-state index contributed by atoms with van der Waals surface area (Å²) in [5, 5.41) is 0.495. The average Bonchev–Trinajstić information content (AvgIpc) is 3.56. The number of carbonyl (C=O) groups is 1. The molecule has 2 heterocycles. The van der Waals surface area contributed by atoms with Crippen LogP contribution >= 0.6 is 11.6 Å². The van der Waals surface area contributed by atoms with Crippen LogP contribution in [0.5, 0.6) is 0 Å². The Kier molecular flexibility index (Phi) is 7.10. The van der Waals surface area contributed by atoms with Crippen molar-refractivity contribution in [3.05, 3.63) is 29.3 Å². The third-order valence-corrected chi connectivity index (χ3v) is 8.77. The monoisotopic (exact) mass is 469 g/mol. The number of sulfonamides is 1. The number of amides is 1. The third-order valence-electron chi connectivity index (χ3n) is 6.55. The minimum absolute atomic E-state index is 0.0840. The molecule has 9 heteroatoms. The summed E-state index contributed by atoms with van der Waals surface area (Å²) in [6.45, 7) is 6.10. The molecule has 0 radical (unpaired) electrons. The van der Waals surface area contributed by atoms with Crippen molar-refractivity contribution in [3.8, 4) is 0 Å². The molecule has 2 saturated heterocycles. The Hall–Kier alpha value is -1.35. The smallest absolute Gasteiger partial charge is 0.410 e. The zero-order valence-electron chi connectivity index (χ0n) is 18.1. The summed E-state index contributed by atoms with van der Waals surface area (Å²) in [5.74, 6) is 0.838. The first-order chi connectivity index (χ1) is 14.8. The van der Waals surface area contributed by atoms with Crippen LogP contribution in [-0.2, 0) is 14.8 Å². The van der Waals surface area contributed by atoms with Gasteiger partial charge in [-0.2, -0.15) is 4.31 Å². The molecule has 1 amide bonds. The van der Waals surface area contributed by atoms with E-state index in [0.29, 0.717) is 24.5 Å². The molecule has 3 aliphatic rings. The van der Waals surface area contributed by atoms with Crippen molar-refractivity contribution >= 4 is 27.7 Å². The number of rotatable bonds is 6. The highest BCUT2D eigenvalue weighted by Crippen LogP contribution is 2.30. The first kappa shape index (κ1) is 22.8. The Morgan fingerprint density at radius 3 is 2.52 bits per heavy atom. The maximum absolute atomic E-state index is 13.2. The van der Waals surface area contributed by atoms with Crippen molar-refractivity contribution < 1.29 is 17.9 Å². The summed E-state index contributed by atoms with van der Waals surface area (Å²) in [5.41, 5.74) is 0. The van der Waals surface area contributed by atoms with Crippen LogP contribution < -0.4 is 0 Å². The van der Waals surface area contributed by atoms with Crippen LogP contribution in [0.15, 0.2) is 29.2 Å². The number of hydrogen-bond donors (Lipinski definition) is 0. The van der Waals surface area contributed by atoms with E-state index in [1.807, 2.05) is 0 Å². The SMILES string of the molecule is C[C@H]1CN(CC2CC2)CCN1C(=O)OC[C@@H]1CCCCN1S(=O)(=O)c1ccc(Cl)cc1. The number of hydrogen-bond acceptors (Lipinski definition) is 5. The Balaban J connectivity index is 1.35. The predicted octanol–water partition coefficient (Wildman–Crippen LogP) is 3.44. The van der Waals surface area contributed by atoms with Gasteiger partial charge in [-0.25, -0.2) is 13.2 Å². The van der Waals surface area contributed by atoms with E-state index in [9.17, 15) is 13.2 Å². The second-order valence-corrected chi connectivity index (χ2v) is 11.4. The van der Waals surface area contributed by atoms with E-state index in [2.05, 4.69) is 11.8 Å². The van der Waals surface area contributed by atoms with Gasteiger partial charge in [0.2, 0.25) is 10.0 Å². The van der Waals surface area contributed by atoms with Gasteiger partial charge in [0.05, 0.1) is 10.9 Å². The Labute approximate surface area is 190 Å². The number of benzene rings is 1. The van der Waals surface area contributed by atoms with Crippen molar-refractivity contribution in [2.24, 2.45) is 5.92 Å². The molecule has 31 heavy (non-hydrogen) atoms. The molecular weight excluding hydrogens is 438 g/mol. The average molecular weight is 470 g/mol. The zero-order valence-corrected chi connectivity index (χ0v) is 19.7. The van der Waals surface area contributed by atoms with Gasteiger partial charge < -0.3 is 9.64 Å². The lowest BCUT2D eigenvalue weighted by Gasteiger charge is -2.40. The van der Waals surface area contributed by atoms with E-state index in [0.717, 1.165) is 38.4 Å². The minimum Gasteiger partial charge on any atom is -0.448 e. The number of piperazine rings is 1. The van der Waals surface area contributed by atoms with Gasteiger partial charge in [-0.3, -0.25) is 4.90 Å². The molecule has 0 N–H and O–H groups in total. The van der Waals surface area contributed by atoms with Gasteiger partial charge in [0, 0.05) is 43.8 Å². The Bertz CT molecular complexity index is 875. The number of carbonyl (C=O) groups excluding carboxylic acids is 1. The van der Waals surface area contributed by atoms with Gasteiger partial charge in [0.25, 0.3) is 0 Å². The fraction of sp³-hybridized carbons (Fsp3) is 0.682. The van der Waals surface area contributed by atoms with Crippen LogP contribution in [-0.4, -0.2) is 80.0 Å². The molecular formula is C22H32ClN3O4S. The fourth-order valence-corrected chi connectivity index (χ4v) is 6.39. The van der Waals surface area contributed by atoms with Gasteiger partial charge in [-0.1, -0.05) is 18.0 Å². The molecule has 172 valence electrons. The number of ether oxygens (including phenoxy) is 1. The van der Waals surface area contributed by atoms with Gasteiger partial charge >= 0.3 is 6.09 Å². The molecule has 1 saturated carbocycles. The lowest BCUT2D eigenvalue weighted by molar-refractivity contribution is 0.0373. The zero-order chi connectivity index (χ0) is 22.0. The summed E-state index contributed by atoms with van der Waals surface area (Å²) in [7, 11) is -3.66. The van der Waals surface area contributed by atoms with Gasteiger partial charge in [-0.15, -0.1) is 0 Å². The topological polar surface area (TPSA) is 70.2 Å². The summed E-state index contributed by atoms with van der Waals surface area (Å²) in [6, 6.07) is 5.97. The highest BCUT2D eigenvalue weighted by atomic mass is 35.5. The number of halogens is 1. The molecule has 7 nitrogen and oxygen atoms in total. The van der Waals surface area contributed by atoms with Gasteiger partial charge in [-0.05, 0) is 62.8 Å². The van der Waals surface area contributed by atoms with Crippen molar-refractivity contribution in [1.82, 2.24) is 14.1 Å².